The number of nitrogens with one attached hydrogen (secondary N) is 1. The fourth-order valence-corrected chi connectivity index (χ4v) is 2.21. The van der Waals surface area contributed by atoms with Gasteiger partial charge in [0.1, 0.15) is 12.4 Å². The van der Waals surface area contributed by atoms with Crippen molar-refractivity contribution in [2.24, 2.45) is 0 Å². The van der Waals surface area contributed by atoms with Gasteiger partial charge >= 0.3 is 0 Å². The van der Waals surface area contributed by atoms with Crippen LogP contribution in [0.2, 0.25) is 0 Å². The molecule has 1 aromatic carbocycles. The van der Waals surface area contributed by atoms with Crippen LogP contribution in [0.5, 0.6) is 0 Å². The lowest BCUT2D eigenvalue weighted by atomic mass is 10.0. The lowest BCUT2D eigenvalue weighted by molar-refractivity contribution is 0.0146. The molecule has 0 aromatic heterocycles. The summed E-state index contributed by atoms with van der Waals surface area (Å²) < 4.78 is 42.3. The van der Waals surface area contributed by atoms with Gasteiger partial charge in [-0.3, -0.25) is 0 Å². The summed E-state index contributed by atoms with van der Waals surface area (Å²) in [6, 6.07) is 4.62. The van der Waals surface area contributed by atoms with Gasteiger partial charge in [0.2, 0.25) is 0 Å². The summed E-state index contributed by atoms with van der Waals surface area (Å²) in [4.78, 5) is 0. The van der Waals surface area contributed by atoms with Crippen LogP contribution in [0, 0.1) is 5.82 Å². The van der Waals surface area contributed by atoms with Gasteiger partial charge in [-0.05, 0) is 37.6 Å². The average molecular weight is 340 g/mol. The SMILES string of the molecule is CNC(CCOCC(F)F)Cc1ccc(F)cc1Br. The zero-order valence-electron chi connectivity index (χ0n) is 10.6. The highest BCUT2D eigenvalue weighted by molar-refractivity contribution is 9.10. The number of rotatable bonds is 8. The summed E-state index contributed by atoms with van der Waals surface area (Å²) >= 11 is 3.31. The number of ether oxygens (including phenoxy) is 1. The van der Waals surface area contributed by atoms with Crippen molar-refractivity contribution in [3.8, 4) is 0 Å². The zero-order valence-corrected chi connectivity index (χ0v) is 12.2. The molecule has 0 saturated heterocycles. The number of benzene rings is 1. The predicted octanol–water partition coefficient (Wildman–Crippen LogP) is 3.39. The van der Waals surface area contributed by atoms with E-state index in [-0.39, 0.29) is 18.5 Å². The average Bonchev–Trinajstić information content (AvgIpc) is 2.35. The van der Waals surface area contributed by atoms with E-state index in [4.69, 9.17) is 4.74 Å². The Balaban J connectivity index is 2.43. The molecular weight excluding hydrogens is 323 g/mol. The first kappa shape index (κ1) is 16.5. The quantitative estimate of drug-likeness (QED) is 0.733. The molecule has 0 radical (unpaired) electrons. The van der Waals surface area contributed by atoms with Gasteiger partial charge in [0.05, 0.1) is 0 Å². The third-order valence-electron chi connectivity index (χ3n) is 2.74. The highest BCUT2D eigenvalue weighted by atomic mass is 79.9. The molecule has 1 rings (SSSR count). The van der Waals surface area contributed by atoms with Gasteiger partial charge in [0, 0.05) is 17.1 Å². The summed E-state index contributed by atoms with van der Waals surface area (Å²) in [6.07, 6.45) is -1.14. The van der Waals surface area contributed by atoms with Crippen molar-refractivity contribution >= 4 is 15.9 Å². The van der Waals surface area contributed by atoms with Gasteiger partial charge in [-0.15, -0.1) is 0 Å². The Kier molecular flexibility index (Phi) is 7.41. The van der Waals surface area contributed by atoms with Crippen molar-refractivity contribution in [2.75, 3.05) is 20.3 Å². The molecule has 108 valence electrons. The number of halogens is 4. The number of hydrogen-bond acceptors (Lipinski definition) is 2. The van der Waals surface area contributed by atoms with Crippen LogP contribution >= 0.6 is 15.9 Å². The minimum Gasteiger partial charge on any atom is -0.375 e. The molecule has 0 bridgehead atoms. The summed E-state index contributed by atoms with van der Waals surface area (Å²) in [6.45, 7) is -0.259. The van der Waals surface area contributed by atoms with Gasteiger partial charge in [-0.25, -0.2) is 13.2 Å². The second kappa shape index (κ2) is 8.55. The molecule has 19 heavy (non-hydrogen) atoms. The van der Waals surface area contributed by atoms with E-state index in [1.54, 1.807) is 13.1 Å². The van der Waals surface area contributed by atoms with Crippen molar-refractivity contribution in [2.45, 2.75) is 25.3 Å². The fraction of sp³-hybridized carbons (Fsp3) is 0.538. The van der Waals surface area contributed by atoms with Gasteiger partial charge in [0.25, 0.3) is 6.43 Å². The lowest BCUT2D eigenvalue weighted by Crippen LogP contribution is -2.29. The standard InChI is InChI=1S/C13H17BrF3NO/c1-18-11(4-5-19-8-13(16)17)6-9-2-3-10(15)7-12(9)14/h2-3,7,11,13,18H,4-6,8H2,1H3. The molecule has 1 N–H and O–H groups in total. The summed E-state index contributed by atoms with van der Waals surface area (Å²) in [5.41, 5.74) is 0.967. The largest absolute Gasteiger partial charge is 0.375 e. The van der Waals surface area contributed by atoms with E-state index in [0.717, 1.165) is 5.56 Å². The Labute approximate surface area is 119 Å². The number of hydrogen-bond donors (Lipinski definition) is 1. The minimum atomic E-state index is -2.43. The van der Waals surface area contributed by atoms with Crippen LogP contribution in [-0.4, -0.2) is 32.7 Å². The molecule has 1 atom stereocenters. The van der Waals surface area contributed by atoms with Crippen molar-refractivity contribution in [1.82, 2.24) is 5.32 Å². The van der Waals surface area contributed by atoms with E-state index in [2.05, 4.69) is 21.2 Å². The smallest absolute Gasteiger partial charge is 0.261 e. The topological polar surface area (TPSA) is 21.3 Å². The fourth-order valence-electron chi connectivity index (χ4n) is 1.70. The Morgan fingerprint density at radius 2 is 2.11 bits per heavy atom. The molecule has 0 fully saturated rings. The Morgan fingerprint density at radius 1 is 1.37 bits per heavy atom. The van der Waals surface area contributed by atoms with Crippen molar-refractivity contribution < 1.29 is 17.9 Å². The van der Waals surface area contributed by atoms with E-state index in [9.17, 15) is 13.2 Å². The van der Waals surface area contributed by atoms with Gasteiger partial charge in [-0.1, -0.05) is 22.0 Å². The van der Waals surface area contributed by atoms with E-state index in [0.29, 0.717) is 17.3 Å². The van der Waals surface area contributed by atoms with E-state index < -0.39 is 13.0 Å². The molecule has 1 unspecified atom stereocenters. The van der Waals surface area contributed by atoms with Gasteiger partial charge < -0.3 is 10.1 Å². The monoisotopic (exact) mass is 339 g/mol. The van der Waals surface area contributed by atoms with Crippen LogP contribution in [0.15, 0.2) is 22.7 Å². The highest BCUT2D eigenvalue weighted by Gasteiger charge is 2.11. The molecule has 0 spiro atoms. The third kappa shape index (κ3) is 6.40. The molecule has 0 aliphatic carbocycles. The van der Waals surface area contributed by atoms with Crippen LogP contribution in [0.1, 0.15) is 12.0 Å². The van der Waals surface area contributed by atoms with E-state index in [1.165, 1.54) is 12.1 Å². The van der Waals surface area contributed by atoms with Gasteiger partial charge in [0.15, 0.2) is 0 Å². The van der Waals surface area contributed by atoms with Gasteiger partial charge in [-0.2, -0.15) is 0 Å². The Morgan fingerprint density at radius 3 is 2.68 bits per heavy atom. The zero-order chi connectivity index (χ0) is 14.3. The van der Waals surface area contributed by atoms with Crippen molar-refractivity contribution in [3.63, 3.8) is 0 Å². The molecular formula is C13H17BrF3NO. The van der Waals surface area contributed by atoms with Crippen LogP contribution < -0.4 is 5.32 Å². The van der Waals surface area contributed by atoms with Crippen molar-refractivity contribution in [1.29, 1.82) is 0 Å². The Bertz CT molecular complexity index is 390. The Hall–Kier alpha value is -0.590. The first-order valence-corrected chi connectivity index (χ1v) is 6.79. The predicted molar refractivity (Wildman–Crippen MR) is 72.1 cm³/mol. The number of likely N-dealkylation sites (N-methyl/N-ethyl adjacent to an activating group) is 1. The van der Waals surface area contributed by atoms with Crippen LogP contribution in [0.3, 0.4) is 0 Å². The molecule has 0 aliphatic rings. The molecule has 0 heterocycles. The summed E-state index contributed by atoms with van der Waals surface area (Å²) in [5.74, 6) is -0.295. The normalized spacial score (nSPS) is 12.9. The summed E-state index contributed by atoms with van der Waals surface area (Å²) in [7, 11) is 1.80. The second-order valence-corrected chi connectivity index (χ2v) is 5.03. The maximum Gasteiger partial charge on any atom is 0.261 e. The molecule has 0 saturated carbocycles. The summed E-state index contributed by atoms with van der Waals surface area (Å²) in [5, 5.41) is 3.10. The molecule has 6 heteroatoms. The van der Waals surface area contributed by atoms with Crippen LogP contribution in [0.25, 0.3) is 0 Å². The van der Waals surface area contributed by atoms with Crippen LogP contribution in [-0.2, 0) is 11.2 Å². The maximum absolute atomic E-state index is 13.0. The first-order valence-electron chi connectivity index (χ1n) is 6.00. The van der Waals surface area contributed by atoms with E-state index in [1.807, 2.05) is 0 Å². The van der Waals surface area contributed by atoms with E-state index >= 15 is 0 Å². The van der Waals surface area contributed by atoms with Crippen LogP contribution in [0.4, 0.5) is 13.2 Å². The molecule has 0 aliphatic heterocycles. The third-order valence-corrected chi connectivity index (χ3v) is 3.48. The second-order valence-electron chi connectivity index (χ2n) is 4.18. The molecule has 2 nitrogen and oxygen atoms in total. The number of alkyl halides is 2. The highest BCUT2D eigenvalue weighted by Crippen LogP contribution is 2.20. The molecule has 1 aromatic rings. The maximum atomic E-state index is 13.0. The molecule has 0 amide bonds. The van der Waals surface area contributed by atoms with Crippen molar-refractivity contribution in [3.05, 3.63) is 34.1 Å². The first-order chi connectivity index (χ1) is 9.02. The lowest BCUT2D eigenvalue weighted by Gasteiger charge is -2.17. The minimum absolute atomic E-state index is 0.0967.